The van der Waals surface area contributed by atoms with Crippen molar-refractivity contribution in [1.29, 1.82) is 0 Å². The Bertz CT molecular complexity index is 636. The fraction of sp³-hybridized carbons (Fsp3) is 0.214. The van der Waals surface area contributed by atoms with Crippen LogP contribution in [0.25, 0.3) is 0 Å². The zero-order chi connectivity index (χ0) is 15.2. The second-order valence-electron chi connectivity index (χ2n) is 4.23. The highest BCUT2D eigenvalue weighted by Gasteiger charge is 2.16. The third-order valence-corrected chi connectivity index (χ3v) is 2.64. The van der Waals surface area contributed by atoms with Gasteiger partial charge in [-0.3, -0.25) is 0 Å². The lowest BCUT2D eigenvalue weighted by atomic mass is 10.2. The summed E-state index contributed by atoms with van der Waals surface area (Å²) in [5.41, 5.74) is 0.706. The van der Waals surface area contributed by atoms with E-state index in [0.29, 0.717) is 0 Å². The number of aromatic nitrogens is 1. The smallest absolute Gasteiger partial charge is 0.407 e. The summed E-state index contributed by atoms with van der Waals surface area (Å²) >= 11 is 0. The van der Waals surface area contributed by atoms with Gasteiger partial charge < -0.3 is 19.6 Å². The molecule has 0 radical (unpaired) electrons. The Hall–Kier alpha value is -2.83. The molecule has 7 heteroatoms. The summed E-state index contributed by atoms with van der Waals surface area (Å²) in [5, 5.41) is 11.3. The molecule has 0 spiro atoms. The molecule has 21 heavy (non-hydrogen) atoms. The lowest BCUT2D eigenvalue weighted by Gasteiger charge is -2.05. The molecule has 1 aromatic carbocycles. The number of nitrogens with one attached hydrogen (secondary N) is 1. The van der Waals surface area contributed by atoms with Crippen molar-refractivity contribution in [3.63, 3.8) is 0 Å². The number of carboxylic acid groups (broad SMARTS) is 1. The number of aromatic carboxylic acids is 1. The van der Waals surface area contributed by atoms with E-state index in [9.17, 15) is 9.59 Å². The van der Waals surface area contributed by atoms with E-state index in [1.54, 1.807) is 0 Å². The number of carbonyl (C=O) groups excluding carboxylic acids is 1. The zero-order valence-electron chi connectivity index (χ0n) is 11.3. The summed E-state index contributed by atoms with van der Waals surface area (Å²) < 4.78 is 10.1. The summed E-state index contributed by atoms with van der Waals surface area (Å²) in [6.45, 7) is 1.60. The minimum Gasteiger partial charge on any atom is -0.476 e. The van der Waals surface area contributed by atoms with Crippen LogP contribution in [0.15, 0.2) is 34.7 Å². The van der Waals surface area contributed by atoms with Gasteiger partial charge in [-0.2, -0.15) is 0 Å². The van der Waals surface area contributed by atoms with Gasteiger partial charge in [0.05, 0.1) is 6.54 Å². The highest BCUT2D eigenvalue weighted by molar-refractivity contribution is 5.86. The normalized spacial score (nSPS) is 10.1. The Balaban J connectivity index is 1.81. The molecular weight excluding hydrogens is 276 g/mol. The quantitative estimate of drug-likeness (QED) is 0.874. The lowest BCUT2D eigenvalue weighted by Crippen LogP contribution is -2.23. The monoisotopic (exact) mass is 290 g/mol. The first-order chi connectivity index (χ1) is 10.1. The predicted octanol–water partition coefficient (Wildman–Crippen LogP) is 2.11. The first kappa shape index (κ1) is 14.6. The van der Waals surface area contributed by atoms with Gasteiger partial charge >= 0.3 is 12.1 Å². The van der Waals surface area contributed by atoms with Crippen molar-refractivity contribution >= 4 is 12.1 Å². The van der Waals surface area contributed by atoms with E-state index >= 15 is 0 Å². The SMILES string of the molecule is Cc1oc(CNC(=O)OCc2ccccc2)nc1C(=O)O. The van der Waals surface area contributed by atoms with Crippen molar-refractivity contribution in [2.75, 3.05) is 0 Å². The number of alkyl carbamates (subject to hydrolysis) is 1. The van der Waals surface area contributed by atoms with Crippen LogP contribution in [0.3, 0.4) is 0 Å². The molecule has 1 amide bonds. The molecule has 1 heterocycles. The van der Waals surface area contributed by atoms with Gasteiger partial charge in [0.1, 0.15) is 12.4 Å². The number of oxazole rings is 1. The molecule has 0 bridgehead atoms. The second-order valence-corrected chi connectivity index (χ2v) is 4.23. The largest absolute Gasteiger partial charge is 0.476 e. The second kappa shape index (κ2) is 6.56. The topological polar surface area (TPSA) is 102 Å². The van der Waals surface area contributed by atoms with E-state index in [2.05, 4.69) is 10.3 Å². The van der Waals surface area contributed by atoms with Gasteiger partial charge in [-0.15, -0.1) is 0 Å². The average molecular weight is 290 g/mol. The Labute approximate surface area is 120 Å². The molecule has 0 atom stereocenters. The fourth-order valence-corrected chi connectivity index (χ4v) is 1.65. The minimum atomic E-state index is -1.17. The third kappa shape index (κ3) is 4.07. The minimum absolute atomic E-state index is 0.0399. The zero-order valence-corrected chi connectivity index (χ0v) is 11.3. The number of carbonyl (C=O) groups is 2. The number of hydrogen-bond acceptors (Lipinski definition) is 5. The van der Waals surface area contributed by atoms with Gasteiger partial charge in [0.2, 0.25) is 5.89 Å². The maximum absolute atomic E-state index is 11.5. The van der Waals surface area contributed by atoms with Crippen LogP contribution in [0.1, 0.15) is 27.7 Å². The number of hydrogen-bond donors (Lipinski definition) is 2. The number of rotatable bonds is 5. The van der Waals surface area contributed by atoms with E-state index in [1.807, 2.05) is 30.3 Å². The van der Waals surface area contributed by atoms with Gasteiger partial charge in [-0.05, 0) is 12.5 Å². The maximum Gasteiger partial charge on any atom is 0.407 e. The molecule has 0 fully saturated rings. The molecule has 7 nitrogen and oxygen atoms in total. The molecule has 1 aromatic heterocycles. The first-order valence-electron chi connectivity index (χ1n) is 6.20. The fourth-order valence-electron chi connectivity index (χ4n) is 1.65. The summed E-state index contributed by atoms with van der Waals surface area (Å²) in [5.74, 6) is -0.868. The number of aryl methyl sites for hydroxylation is 1. The Morgan fingerprint density at radius 2 is 2.05 bits per heavy atom. The summed E-state index contributed by atoms with van der Waals surface area (Å²) in [4.78, 5) is 26.1. The summed E-state index contributed by atoms with van der Waals surface area (Å²) in [6, 6.07) is 9.24. The van der Waals surface area contributed by atoms with Crippen LogP contribution >= 0.6 is 0 Å². The highest BCUT2D eigenvalue weighted by Crippen LogP contribution is 2.09. The van der Waals surface area contributed by atoms with Crippen molar-refractivity contribution in [2.45, 2.75) is 20.1 Å². The van der Waals surface area contributed by atoms with Gasteiger partial charge in [-0.1, -0.05) is 30.3 Å². The van der Waals surface area contributed by atoms with Crippen LogP contribution in [0.4, 0.5) is 4.79 Å². The van der Waals surface area contributed by atoms with E-state index in [0.717, 1.165) is 5.56 Å². The standard InChI is InChI=1S/C14H14N2O5/c1-9-12(13(17)18)16-11(21-9)7-15-14(19)20-8-10-5-3-2-4-6-10/h2-6H,7-8H2,1H3,(H,15,19)(H,17,18). The highest BCUT2D eigenvalue weighted by atomic mass is 16.5. The van der Waals surface area contributed by atoms with E-state index in [4.69, 9.17) is 14.3 Å². The van der Waals surface area contributed by atoms with Gasteiger partial charge in [0, 0.05) is 0 Å². The maximum atomic E-state index is 11.5. The number of nitrogens with zero attached hydrogens (tertiary/aromatic N) is 1. The van der Waals surface area contributed by atoms with Crippen molar-refractivity contribution in [3.05, 3.63) is 53.2 Å². The van der Waals surface area contributed by atoms with E-state index in [-0.39, 0.29) is 30.5 Å². The Morgan fingerprint density at radius 3 is 2.67 bits per heavy atom. The Morgan fingerprint density at radius 1 is 1.33 bits per heavy atom. The molecule has 2 N–H and O–H groups in total. The Kier molecular flexibility index (Phi) is 4.55. The molecule has 0 saturated heterocycles. The van der Waals surface area contributed by atoms with Crippen LogP contribution in [0, 0.1) is 6.92 Å². The number of benzene rings is 1. The van der Waals surface area contributed by atoms with Crippen molar-refractivity contribution in [3.8, 4) is 0 Å². The van der Waals surface area contributed by atoms with Crippen LogP contribution in [-0.4, -0.2) is 22.2 Å². The molecule has 0 aliphatic heterocycles. The summed E-state index contributed by atoms with van der Waals surface area (Å²) in [7, 11) is 0. The lowest BCUT2D eigenvalue weighted by molar-refractivity contribution is 0.0689. The van der Waals surface area contributed by atoms with Crippen LogP contribution < -0.4 is 5.32 Å². The number of carboxylic acids is 1. The number of amides is 1. The van der Waals surface area contributed by atoms with Crippen LogP contribution in [-0.2, 0) is 17.9 Å². The van der Waals surface area contributed by atoms with Crippen LogP contribution in [0.2, 0.25) is 0 Å². The first-order valence-corrected chi connectivity index (χ1v) is 6.20. The van der Waals surface area contributed by atoms with E-state index < -0.39 is 12.1 Å². The van der Waals surface area contributed by atoms with Crippen molar-refractivity contribution < 1.29 is 23.8 Å². The molecule has 0 unspecified atom stereocenters. The predicted molar refractivity (Wildman–Crippen MR) is 71.7 cm³/mol. The van der Waals surface area contributed by atoms with Crippen molar-refractivity contribution in [1.82, 2.24) is 10.3 Å². The molecule has 110 valence electrons. The van der Waals surface area contributed by atoms with Gasteiger partial charge in [-0.25, -0.2) is 14.6 Å². The van der Waals surface area contributed by atoms with Gasteiger partial charge in [0.15, 0.2) is 5.69 Å². The van der Waals surface area contributed by atoms with Gasteiger partial charge in [0.25, 0.3) is 0 Å². The summed E-state index contributed by atoms with van der Waals surface area (Å²) in [6.07, 6.45) is -0.633. The molecule has 2 rings (SSSR count). The van der Waals surface area contributed by atoms with Crippen LogP contribution in [0.5, 0.6) is 0 Å². The molecule has 0 aliphatic carbocycles. The van der Waals surface area contributed by atoms with E-state index in [1.165, 1.54) is 6.92 Å². The molecule has 0 aliphatic rings. The average Bonchev–Trinajstić information content (AvgIpc) is 2.85. The molecular formula is C14H14N2O5. The molecule has 2 aromatic rings. The third-order valence-electron chi connectivity index (χ3n) is 2.64. The molecule has 0 saturated carbocycles. The number of ether oxygens (including phenoxy) is 1. The van der Waals surface area contributed by atoms with Crippen molar-refractivity contribution in [2.24, 2.45) is 0 Å².